The Bertz CT molecular complexity index is 311. The van der Waals surface area contributed by atoms with Crippen molar-refractivity contribution in [2.45, 2.75) is 37.8 Å². The molecule has 1 saturated carbocycles. The van der Waals surface area contributed by atoms with Gasteiger partial charge in [0.25, 0.3) is 0 Å². The van der Waals surface area contributed by atoms with Gasteiger partial charge in [0.15, 0.2) is 9.84 Å². The molecule has 15 heavy (non-hydrogen) atoms. The van der Waals surface area contributed by atoms with Crippen LogP contribution in [0.4, 0.5) is 0 Å². The molecule has 0 aromatic carbocycles. The third-order valence-electron chi connectivity index (χ3n) is 3.24. The van der Waals surface area contributed by atoms with E-state index in [-0.39, 0.29) is 17.9 Å². The van der Waals surface area contributed by atoms with E-state index in [0.29, 0.717) is 18.2 Å². The molecule has 4 nitrogen and oxygen atoms in total. The highest BCUT2D eigenvalue weighted by atomic mass is 32.2. The van der Waals surface area contributed by atoms with Crippen LogP contribution in [-0.2, 0) is 9.84 Å². The van der Waals surface area contributed by atoms with Gasteiger partial charge in [-0.1, -0.05) is 0 Å². The van der Waals surface area contributed by atoms with Gasteiger partial charge in [0.2, 0.25) is 0 Å². The molecule has 2 fully saturated rings. The second kappa shape index (κ2) is 4.39. The lowest BCUT2D eigenvalue weighted by Crippen LogP contribution is -2.43. The van der Waals surface area contributed by atoms with Crippen LogP contribution >= 0.6 is 0 Å². The molecule has 0 aromatic rings. The normalized spacial score (nSPS) is 32.5. The predicted octanol–water partition coefficient (Wildman–Crippen LogP) is -0.0759. The van der Waals surface area contributed by atoms with Gasteiger partial charge in [0.05, 0.1) is 17.6 Å². The maximum Gasteiger partial charge on any atom is 0.151 e. The number of hydrogen-bond acceptors (Lipinski definition) is 4. The maximum atomic E-state index is 11.3. The average Bonchev–Trinajstić information content (AvgIpc) is 2.95. The van der Waals surface area contributed by atoms with Crippen molar-refractivity contribution in [2.75, 3.05) is 18.1 Å². The van der Waals surface area contributed by atoms with Crippen LogP contribution in [0.1, 0.15) is 25.7 Å². The summed E-state index contributed by atoms with van der Waals surface area (Å²) in [5.74, 6) is 1.03. The summed E-state index contributed by atoms with van der Waals surface area (Å²) < 4.78 is 22.7. The third-order valence-corrected chi connectivity index (χ3v) is 5.07. The molecule has 1 aliphatic heterocycles. The molecule has 0 aromatic heterocycles. The highest BCUT2D eigenvalue weighted by Crippen LogP contribution is 2.32. The number of nitrogens with one attached hydrogen (secondary N) is 1. The van der Waals surface area contributed by atoms with Crippen molar-refractivity contribution in [1.29, 1.82) is 0 Å². The van der Waals surface area contributed by atoms with Gasteiger partial charge in [-0.2, -0.15) is 0 Å². The Kier molecular flexibility index (Phi) is 3.33. The van der Waals surface area contributed by atoms with Gasteiger partial charge in [-0.05, 0) is 31.6 Å². The van der Waals surface area contributed by atoms with Crippen molar-refractivity contribution in [2.24, 2.45) is 5.92 Å². The minimum Gasteiger partial charge on any atom is -0.392 e. The largest absolute Gasteiger partial charge is 0.392 e. The minimum absolute atomic E-state index is 0.0529. The molecule has 1 saturated heterocycles. The van der Waals surface area contributed by atoms with E-state index in [0.717, 1.165) is 25.7 Å². The van der Waals surface area contributed by atoms with E-state index in [1.165, 1.54) is 0 Å². The second-order valence-electron chi connectivity index (χ2n) is 4.77. The van der Waals surface area contributed by atoms with Crippen LogP contribution in [0.3, 0.4) is 0 Å². The molecular weight excluding hydrogens is 214 g/mol. The van der Waals surface area contributed by atoms with Gasteiger partial charge < -0.3 is 10.4 Å². The fourth-order valence-electron chi connectivity index (χ4n) is 2.12. The lowest BCUT2D eigenvalue weighted by molar-refractivity contribution is 0.144. The monoisotopic (exact) mass is 233 g/mol. The van der Waals surface area contributed by atoms with E-state index >= 15 is 0 Å². The van der Waals surface area contributed by atoms with Crippen molar-refractivity contribution in [1.82, 2.24) is 5.32 Å². The van der Waals surface area contributed by atoms with Gasteiger partial charge in [0.1, 0.15) is 0 Å². The molecule has 2 unspecified atom stereocenters. The first-order chi connectivity index (χ1) is 7.07. The maximum absolute atomic E-state index is 11.3. The molecule has 2 atom stereocenters. The molecular formula is C10H19NO3S. The lowest BCUT2D eigenvalue weighted by Gasteiger charge is -2.24. The number of aliphatic hydroxyl groups is 1. The Hall–Kier alpha value is -0.130. The quantitative estimate of drug-likeness (QED) is 0.713. The zero-order chi connectivity index (χ0) is 10.9. The third kappa shape index (κ3) is 3.43. The first-order valence-electron chi connectivity index (χ1n) is 5.69. The molecule has 1 heterocycles. The van der Waals surface area contributed by atoms with Crippen LogP contribution in [0.5, 0.6) is 0 Å². The van der Waals surface area contributed by atoms with Crippen molar-refractivity contribution >= 4 is 9.84 Å². The van der Waals surface area contributed by atoms with E-state index in [9.17, 15) is 13.5 Å². The molecule has 2 rings (SSSR count). The van der Waals surface area contributed by atoms with Crippen LogP contribution in [0, 0.1) is 5.92 Å². The SMILES string of the molecule is O=S1(=O)CCCC(NCC(O)C2CC2)C1. The molecule has 0 spiro atoms. The Morgan fingerprint density at radius 2 is 2.07 bits per heavy atom. The molecule has 88 valence electrons. The van der Waals surface area contributed by atoms with E-state index < -0.39 is 9.84 Å². The summed E-state index contributed by atoms with van der Waals surface area (Å²) in [7, 11) is -2.83. The Morgan fingerprint density at radius 1 is 1.33 bits per heavy atom. The minimum atomic E-state index is -2.83. The average molecular weight is 233 g/mol. The first-order valence-corrected chi connectivity index (χ1v) is 7.51. The summed E-state index contributed by atoms with van der Waals surface area (Å²) in [5, 5.41) is 12.8. The van der Waals surface area contributed by atoms with Crippen molar-refractivity contribution in [3.8, 4) is 0 Å². The van der Waals surface area contributed by atoms with Crippen molar-refractivity contribution in [3.05, 3.63) is 0 Å². The van der Waals surface area contributed by atoms with Crippen LogP contribution in [0.15, 0.2) is 0 Å². The lowest BCUT2D eigenvalue weighted by atomic mass is 10.1. The number of sulfone groups is 1. The van der Waals surface area contributed by atoms with E-state index in [2.05, 4.69) is 5.32 Å². The molecule has 0 bridgehead atoms. The Balaban J connectivity index is 1.74. The van der Waals surface area contributed by atoms with Crippen LogP contribution in [-0.4, -0.2) is 43.7 Å². The highest BCUT2D eigenvalue weighted by molar-refractivity contribution is 7.91. The number of hydrogen-bond donors (Lipinski definition) is 2. The molecule has 0 radical (unpaired) electrons. The summed E-state index contributed by atoms with van der Waals surface area (Å²) in [5.41, 5.74) is 0. The fourth-order valence-corrected chi connectivity index (χ4v) is 3.79. The molecule has 0 amide bonds. The van der Waals surface area contributed by atoms with Gasteiger partial charge in [-0.25, -0.2) is 8.42 Å². The highest BCUT2D eigenvalue weighted by Gasteiger charge is 2.31. The Labute approximate surface area is 91.0 Å². The summed E-state index contributed by atoms with van der Waals surface area (Å²) in [6.45, 7) is 0.546. The predicted molar refractivity (Wildman–Crippen MR) is 58.4 cm³/mol. The zero-order valence-electron chi connectivity index (χ0n) is 8.85. The summed E-state index contributed by atoms with van der Waals surface area (Å²) >= 11 is 0. The summed E-state index contributed by atoms with van der Waals surface area (Å²) in [6, 6.07) is 0.0529. The van der Waals surface area contributed by atoms with E-state index in [1.807, 2.05) is 0 Å². The van der Waals surface area contributed by atoms with Crippen LogP contribution < -0.4 is 5.32 Å². The standard InChI is InChI=1S/C10H19NO3S/c12-10(8-3-4-8)6-11-9-2-1-5-15(13,14)7-9/h8-12H,1-7H2. The summed E-state index contributed by atoms with van der Waals surface area (Å²) in [6.07, 6.45) is 3.61. The molecule has 5 heteroatoms. The van der Waals surface area contributed by atoms with Gasteiger partial charge >= 0.3 is 0 Å². The van der Waals surface area contributed by atoms with Crippen molar-refractivity contribution in [3.63, 3.8) is 0 Å². The molecule has 2 N–H and O–H groups in total. The number of aliphatic hydroxyl groups excluding tert-OH is 1. The number of rotatable bonds is 4. The second-order valence-corrected chi connectivity index (χ2v) is 7.00. The summed E-state index contributed by atoms with van der Waals surface area (Å²) in [4.78, 5) is 0. The van der Waals surface area contributed by atoms with Crippen LogP contribution in [0.2, 0.25) is 0 Å². The molecule has 1 aliphatic carbocycles. The topological polar surface area (TPSA) is 66.4 Å². The van der Waals surface area contributed by atoms with Gasteiger partial charge in [-0.3, -0.25) is 0 Å². The van der Waals surface area contributed by atoms with E-state index in [1.54, 1.807) is 0 Å². The van der Waals surface area contributed by atoms with Gasteiger partial charge in [-0.15, -0.1) is 0 Å². The first kappa shape index (κ1) is 11.4. The zero-order valence-corrected chi connectivity index (χ0v) is 9.67. The molecule has 2 aliphatic rings. The Morgan fingerprint density at radius 3 is 2.67 bits per heavy atom. The van der Waals surface area contributed by atoms with Crippen LogP contribution in [0.25, 0.3) is 0 Å². The smallest absolute Gasteiger partial charge is 0.151 e. The van der Waals surface area contributed by atoms with Gasteiger partial charge in [0, 0.05) is 12.6 Å². The fraction of sp³-hybridized carbons (Fsp3) is 1.00. The van der Waals surface area contributed by atoms with E-state index in [4.69, 9.17) is 0 Å². The van der Waals surface area contributed by atoms with Crippen molar-refractivity contribution < 1.29 is 13.5 Å².